The summed E-state index contributed by atoms with van der Waals surface area (Å²) >= 11 is 0. The number of hydrazone groups is 1. The predicted molar refractivity (Wildman–Crippen MR) is 73.6 cm³/mol. The smallest absolute Gasteiger partial charge is 0.0590 e. The summed E-state index contributed by atoms with van der Waals surface area (Å²) < 4.78 is 0. The molecule has 0 saturated heterocycles. The first-order valence-electron chi connectivity index (χ1n) is 5.66. The number of hydrogen-bond acceptors (Lipinski definition) is 2. The Morgan fingerprint density at radius 1 is 0.941 bits per heavy atom. The highest BCUT2D eigenvalue weighted by Gasteiger charge is 1.96. The molecule has 0 aliphatic rings. The van der Waals surface area contributed by atoms with Gasteiger partial charge in [-0.15, -0.1) is 0 Å². The zero-order valence-electron chi connectivity index (χ0n) is 10.2. The Bertz CT molecular complexity index is 503. The molecule has 2 nitrogen and oxygen atoms in total. The molecule has 0 heterocycles. The van der Waals surface area contributed by atoms with Crippen molar-refractivity contribution in [1.82, 2.24) is 0 Å². The number of hydrogen-bond donors (Lipinski definition) is 0. The van der Waals surface area contributed by atoms with Gasteiger partial charge in [-0.3, -0.25) is 5.01 Å². The summed E-state index contributed by atoms with van der Waals surface area (Å²) in [5.41, 5.74) is 3.46. The van der Waals surface area contributed by atoms with E-state index in [0.29, 0.717) is 0 Å². The van der Waals surface area contributed by atoms with Gasteiger partial charge < -0.3 is 0 Å². The van der Waals surface area contributed by atoms with E-state index in [1.165, 1.54) is 5.56 Å². The maximum absolute atomic E-state index is 4.43. The van der Waals surface area contributed by atoms with Crippen LogP contribution < -0.4 is 5.01 Å². The van der Waals surface area contributed by atoms with Crippen LogP contribution in [0.3, 0.4) is 0 Å². The fourth-order valence-electron chi connectivity index (χ4n) is 1.59. The average Bonchev–Trinajstić information content (AvgIpc) is 2.38. The Balaban J connectivity index is 2.14. The van der Waals surface area contributed by atoms with E-state index in [1.807, 2.05) is 60.7 Å². The highest BCUT2D eigenvalue weighted by atomic mass is 15.4. The molecule has 0 N–H and O–H groups in total. The summed E-state index contributed by atoms with van der Waals surface area (Å²) in [6, 6.07) is 18.3. The lowest BCUT2D eigenvalue weighted by molar-refractivity contribution is 1.02. The Hall–Kier alpha value is -2.09. The third kappa shape index (κ3) is 2.94. The van der Waals surface area contributed by atoms with Crippen molar-refractivity contribution in [3.05, 3.63) is 65.7 Å². The Kier molecular flexibility index (Phi) is 3.55. The van der Waals surface area contributed by atoms with Gasteiger partial charge in [0.15, 0.2) is 0 Å². The molecular formula is C15H16N2. The molecule has 2 aromatic carbocycles. The van der Waals surface area contributed by atoms with Gasteiger partial charge in [0.1, 0.15) is 0 Å². The van der Waals surface area contributed by atoms with Gasteiger partial charge in [-0.2, -0.15) is 5.10 Å². The maximum atomic E-state index is 4.43. The molecular weight excluding hydrogens is 208 g/mol. The monoisotopic (exact) mass is 224 g/mol. The van der Waals surface area contributed by atoms with Crippen LogP contribution in [0.2, 0.25) is 0 Å². The summed E-state index contributed by atoms with van der Waals surface area (Å²) in [4.78, 5) is 0. The molecule has 0 fully saturated rings. The zero-order chi connectivity index (χ0) is 12.1. The minimum absolute atomic E-state index is 1.08. The van der Waals surface area contributed by atoms with Crippen LogP contribution in [0.15, 0.2) is 59.7 Å². The van der Waals surface area contributed by atoms with Crippen molar-refractivity contribution in [2.45, 2.75) is 6.92 Å². The SMILES string of the molecule is Cc1ccccc1C=NN(C)c1ccccc1. The first-order valence-corrected chi connectivity index (χ1v) is 5.66. The molecule has 2 rings (SSSR count). The van der Waals surface area contributed by atoms with E-state index in [1.54, 1.807) is 0 Å². The van der Waals surface area contributed by atoms with Gasteiger partial charge >= 0.3 is 0 Å². The van der Waals surface area contributed by atoms with Gasteiger partial charge in [0, 0.05) is 7.05 Å². The van der Waals surface area contributed by atoms with Crippen LogP contribution in [0, 0.1) is 6.92 Å². The van der Waals surface area contributed by atoms with E-state index in [2.05, 4.69) is 24.2 Å². The number of nitrogens with zero attached hydrogens (tertiary/aromatic N) is 2. The van der Waals surface area contributed by atoms with Gasteiger partial charge in [-0.25, -0.2) is 0 Å². The second-order valence-corrected chi connectivity index (χ2v) is 3.96. The molecule has 86 valence electrons. The summed E-state index contributed by atoms with van der Waals surface area (Å²) in [6.07, 6.45) is 1.89. The van der Waals surface area contributed by atoms with Crippen LogP contribution in [0.5, 0.6) is 0 Å². The topological polar surface area (TPSA) is 15.6 Å². The number of rotatable bonds is 3. The van der Waals surface area contributed by atoms with Crippen molar-refractivity contribution in [3.8, 4) is 0 Å². The lowest BCUT2D eigenvalue weighted by atomic mass is 10.1. The van der Waals surface area contributed by atoms with E-state index in [0.717, 1.165) is 11.3 Å². The van der Waals surface area contributed by atoms with E-state index in [4.69, 9.17) is 0 Å². The molecule has 2 aromatic rings. The predicted octanol–water partition coefficient (Wildman–Crippen LogP) is 3.47. The minimum atomic E-state index is 1.08. The highest BCUT2D eigenvalue weighted by Crippen LogP contribution is 2.11. The van der Waals surface area contributed by atoms with Crippen molar-refractivity contribution < 1.29 is 0 Å². The van der Waals surface area contributed by atoms with Crippen molar-refractivity contribution in [2.75, 3.05) is 12.1 Å². The third-order valence-corrected chi connectivity index (χ3v) is 2.69. The van der Waals surface area contributed by atoms with Gasteiger partial charge in [-0.05, 0) is 30.2 Å². The standard InChI is InChI=1S/C15H16N2/c1-13-8-6-7-9-14(13)12-16-17(2)15-10-4-3-5-11-15/h3-12H,1-2H3. The Labute approximate surface area is 102 Å². The first-order chi connectivity index (χ1) is 8.27. The summed E-state index contributed by atoms with van der Waals surface area (Å²) in [6.45, 7) is 2.09. The quantitative estimate of drug-likeness (QED) is 0.576. The van der Waals surface area contributed by atoms with Crippen molar-refractivity contribution in [2.24, 2.45) is 5.10 Å². The van der Waals surface area contributed by atoms with Crippen LogP contribution in [0.1, 0.15) is 11.1 Å². The van der Waals surface area contributed by atoms with Crippen LogP contribution >= 0.6 is 0 Å². The van der Waals surface area contributed by atoms with Crippen LogP contribution in [0.4, 0.5) is 5.69 Å². The molecule has 2 heteroatoms. The molecule has 0 spiro atoms. The van der Waals surface area contributed by atoms with Gasteiger partial charge in [0.05, 0.1) is 11.9 Å². The molecule has 0 atom stereocenters. The Morgan fingerprint density at radius 3 is 2.29 bits per heavy atom. The molecule has 0 unspecified atom stereocenters. The molecule has 0 aromatic heterocycles. The lowest BCUT2D eigenvalue weighted by Gasteiger charge is -2.12. The normalized spacial score (nSPS) is 10.7. The fraction of sp³-hybridized carbons (Fsp3) is 0.133. The molecule has 0 radical (unpaired) electrons. The van der Waals surface area contributed by atoms with Crippen molar-refractivity contribution in [1.29, 1.82) is 0 Å². The van der Waals surface area contributed by atoms with Crippen LogP contribution in [-0.4, -0.2) is 13.3 Å². The van der Waals surface area contributed by atoms with Crippen molar-refractivity contribution in [3.63, 3.8) is 0 Å². The third-order valence-electron chi connectivity index (χ3n) is 2.69. The second-order valence-electron chi connectivity index (χ2n) is 3.96. The zero-order valence-corrected chi connectivity index (χ0v) is 10.2. The summed E-state index contributed by atoms with van der Waals surface area (Å²) in [5, 5.41) is 6.30. The molecule has 0 aliphatic carbocycles. The minimum Gasteiger partial charge on any atom is -0.269 e. The largest absolute Gasteiger partial charge is 0.269 e. The fourth-order valence-corrected chi connectivity index (χ4v) is 1.59. The molecule has 0 bridgehead atoms. The first kappa shape index (κ1) is 11.4. The lowest BCUT2D eigenvalue weighted by Crippen LogP contribution is -2.08. The summed E-state index contributed by atoms with van der Waals surface area (Å²) in [7, 11) is 1.95. The molecule has 0 aliphatic heterocycles. The number of benzene rings is 2. The van der Waals surface area contributed by atoms with Gasteiger partial charge in [-0.1, -0.05) is 42.5 Å². The van der Waals surface area contributed by atoms with Crippen LogP contribution in [0.25, 0.3) is 0 Å². The van der Waals surface area contributed by atoms with E-state index < -0.39 is 0 Å². The Morgan fingerprint density at radius 2 is 1.59 bits per heavy atom. The molecule has 17 heavy (non-hydrogen) atoms. The van der Waals surface area contributed by atoms with E-state index >= 15 is 0 Å². The van der Waals surface area contributed by atoms with E-state index in [-0.39, 0.29) is 0 Å². The van der Waals surface area contributed by atoms with Crippen molar-refractivity contribution >= 4 is 11.9 Å². The number of aryl methyl sites for hydroxylation is 1. The average molecular weight is 224 g/mol. The number of para-hydroxylation sites is 1. The van der Waals surface area contributed by atoms with Crippen LogP contribution in [-0.2, 0) is 0 Å². The van der Waals surface area contributed by atoms with Gasteiger partial charge in [0.25, 0.3) is 0 Å². The second kappa shape index (κ2) is 5.30. The summed E-state index contributed by atoms with van der Waals surface area (Å²) in [5.74, 6) is 0. The highest BCUT2D eigenvalue weighted by molar-refractivity contribution is 5.82. The molecule has 0 saturated carbocycles. The van der Waals surface area contributed by atoms with Gasteiger partial charge in [0.2, 0.25) is 0 Å². The number of anilines is 1. The molecule has 0 amide bonds. The van der Waals surface area contributed by atoms with E-state index in [9.17, 15) is 0 Å². The maximum Gasteiger partial charge on any atom is 0.0590 e.